The smallest absolute Gasteiger partial charge is 0.257 e. The van der Waals surface area contributed by atoms with Crippen LogP contribution in [0.1, 0.15) is 54.4 Å². The van der Waals surface area contributed by atoms with Crippen LogP contribution in [0.5, 0.6) is 0 Å². The van der Waals surface area contributed by atoms with Crippen LogP contribution in [0.2, 0.25) is 5.02 Å². The number of benzene rings is 1. The molecule has 1 aromatic heterocycles. The Morgan fingerprint density at radius 1 is 1.12 bits per heavy atom. The van der Waals surface area contributed by atoms with Crippen molar-refractivity contribution in [1.82, 2.24) is 4.98 Å². The molecule has 3 rings (SSSR count). The molecule has 1 saturated carbocycles. The SMILES string of the molecule is Cc1cc(Cl)ccc1NC(=O)c1cncc(NC2CCCCCC2)c1. The average molecular weight is 358 g/mol. The van der Waals surface area contributed by atoms with Gasteiger partial charge in [0.2, 0.25) is 0 Å². The van der Waals surface area contributed by atoms with Crippen LogP contribution < -0.4 is 10.6 Å². The summed E-state index contributed by atoms with van der Waals surface area (Å²) in [6.45, 7) is 1.92. The lowest BCUT2D eigenvalue weighted by Gasteiger charge is -2.17. The highest BCUT2D eigenvalue weighted by molar-refractivity contribution is 6.30. The molecule has 1 aromatic carbocycles. The van der Waals surface area contributed by atoms with Crippen LogP contribution in [0.4, 0.5) is 11.4 Å². The van der Waals surface area contributed by atoms with Gasteiger partial charge in [-0.05, 0) is 49.6 Å². The van der Waals surface area contributed by atoms with Crippen LogP contribution in [-0.2, 0) is 0 Å². The second-order valence-electron chi connectivity index (χ2n) is 6.71. The summed E-state index contributed by atoms with van der Waals surface area (Å²) in [5.74, 6) is -0.164. The molecule has 0 atom stereocenters. The number of nitrogens with one attached hydrogen (secondary N) is 2. The van der Waals surface area contributed by atoms with E-state index < -0.39 is 0 Å². The van der Waals surface area contributed by atoms with Crippen molar-refractivity contribution in [2.75, 3.05) is 10.6 Å². The van der Waals surface area contributed by atoms with Crippen LogP contribution in [0.3, 0.4) is 0 Å². The van der Waals surface area contributed by atoms with Gasteiger partial charge >= 0.3 is 0 Å². The van der Waals surface area contributed by atoms with Crippen LogP contribution >= 0.6 is 11.6 Å². The lowest BCUT2D eigenvalue weighted by atomic mass is 10.1. The third-order valence-corrected chi connectivity index (χ3v) is 4.90. The Kier molecular flexibility index (Phi) is 5.92. The minimum Gasteiger partial charge on any atom is -0.381 e. The molecule has 132 valence electrons. The molecule has 4 nitrogen and oxygen atoms in total. The molecule has 0 radical (unpaired) electrons. The molecule has 1 aliphatic rings. The lowest BCUT2D eigenvalue weighted by molar-refractivity contribution is 0.102. The van der Waals surface area contributed by atoms with Gasteiger partial charge in [-0.15, -0.1) is 0 Å². The van der Waals surface area contributed by atoms with Gasteiger partial charge in [-0.3, -0.25) is 9.78 Å². The Labute approximate surface area is 154 Å². The van der Waals surface area contributed by atoms with Crippen molar-refractivity contribution >= 4 is 28.9 Å². The van der Waals surface area contributed by atoms with Crippen molar-refractivity contribution in [2.45, 2.75) is 51.5 Å². The van der Waals surface area contributed by atoms with Gasteiger partial charge in [0.1, 0.15) is 0 Å². The summed E-state index contributed by atoms with van der Waals surface area (Å²) in [6, 6.07) is 7.77. The van der Waals surface area contributed by atoms with Crippen molar-refractivity contribution in [2.24, 2.45) is 0 Å². The summed E-state index contributed by atoms with van der Waals surface area (Å²) in [5.41, 5.74) is 3.15. The van der Waals surface area contributed by atoms with Gasteiger partial charge < -0.3 is 10.6 Å². The van der Waals surface area contributed by atoms with Crippen LogP contribution in [0.15, 0.2) is 36.7 Å². The Bertz CT molecular complexity index is 739. The monoisotopic (exact) mass is 357 g/mol. The van der Waals surface area contributed by atoms with Crippen molar-refractivity contribution < 1.29 is 4.79 Å². The second-order valence-corrected chi connectivity index (χ2v) is 7.14. The number of halogens is 1. The first-order chi connectivity index (χ1) is 12.1. The topological polar surface area (TPSA) is 54.0 Å². The van der Waals surface area contributed by atoms with Gasteiger partial charge in [0.05, 0.1) is 11.3 Å². The minimum atomic E-state index is -0.164. The zero-order valence-corrected chi connectivity index (χ0v) is 15.3. The number of rotatable bonds is 4. The first-order valence-corrected chi connectivity index (χ1v) is 9.29. The molecule has 5 heteroatoms. The highest BCUT2D eigenvalue weighted by atomic mass is 35.5. The number of carbonyl (C=O) groups excluding carboxylic acids is 1. The number of aryl methyl sites for hydroxylation is 1. The third-order valence-electron chi connectivity index (χ3n) is 4.66. The molecule has 25 heavy (non-hydrogen) atoms. The van der Waals surface area contributed by atoms with E-state index in [1.807, 2.05) is 25.1 Å². The van der Waals surface area contributed by atoms with Gasteiger partial charge in [0.25, 0.3) is 5.91 Å². The van der Waals surface area contributed by atoms with E-state index in [2.05, 4.69) is 15.6 Å². The first-order valence-electron chi connectivity index (χ1n) is 8.91. The quantitative estimate of drug-likeness (QED) is 0.717. The first kappa shape index (κ1) is 17.7. The number of nitrogens with zero attached hydrogens (tertiary/aromatic N) is 1. The second kappa shape index (κ2) is 8.34. The van der Waals surface area contributed by atoms with Gasteiger partial charge in [-0.25, -0.2) is 0 Å². The van der Waals surface area contributed by atoms with E-state index in [1.165, 1.54) is 38.5 Å². The zero-order valence-electron chi connectivity index (χ0n) is 14.5. The maximum atomic E-state index is 12.5. The average Bonchev–Trinajstić information content (AvgIpc) is 2.86. The standard InChI is InChI=1S/C20H24ClN3O/c1-14-10-16(21)8-9-19(14)24-20(25)15-11-18(13-22-12-15)23-17-6-4-2-3-5-7-17/h8-13,17,23H,2-7H2,1H3,(H,24,25). The third kappa shape index (κ3) is 4.95. The van der Waals surface area contributed by atoms with E-state index in [1.54, 1.807) is 18.5 Å². The molecule has 0 saturated heterocycles. The number of hydrogen-bond acceptors (Lipinski definition) is 3. The summed E-state index contributed by atoms with van der Waals surface area (Å²) < 4.78 is 0. The molecule has 1 amide bonds. The molecule has 1 aliphatic carbocycles. The van der Waals surface area contributed by atoms with E-state index in [-0.39, 0.29) is 5.91 Å². The van der Waals surface area contributed by atoms with Gasteiger partial charge in [0.15, 0.2) is 0 Å². The van der Waals surface area contributed by atoms with E-state index in [0.29, 0.717) is 16.6 Å². The van der Waals surface area contributed by atoms with Crippen molar-refractivity contribution in [3.8, 4) is 0 Å². The minimum absolute atomic E-state index is 0.164. The molecule has 0 bridgehead atoms. The maximum Gasteiger partial charge on any atom is 0.257 e. The Hall–Kier alpha value is -2.07. The summed E-state index contributed by atoms with van der Waals surface area (Å²) in [6.07, 6.45) is 10.9. The fraction of sp³-hybridized carbons (Fsp3) is 0.400. The summed E-state index contributed by atoms with van der Waals surface area (Å²) in [7, 11) is 0. The number of anilines is 2. The maximum absolute atomic E-state index is 12.5. The predicted octanol–water partition coefficient (Wildman–Crippen LogP) is 5.43. The molecule has 1 heterocycles. The van der Waals surface area contributed by atoms with Crippen LogP contribution in [0.25, 0.3) is 0 Å². The highest BCUT2D eigenvalue weighted by Gasteiger charge is 2.14. The molecule has 2 aromatic rings. The molecule has 0 unspecified atom stereocenters. The molecule has 2 N–H and O–H groups in total. The van der Waals surface area contributed by atoms with E-state index in [0.717, 1.165) is 16.9 Å². The van der Waals surface area contributed by atoms with Crippen LogP contribution in [-0.4, -0.2) is 16.9 Å². The van der Waals surface area contributed by atoms with Crippen LogP contribution in [0, 0.1) is 6.92 Å². The van der Waals surface area contributed by atoms with E-state index in [9.17, 15) is 4.79 Å². The van der Waals surface area contributed by atoms with E-state index >= 15 is 0 Å². The number of aromatic nitrogens is 1. The number of amides is 1. The molecule has 0 spiro atoms. The van der Waals surface area contributed by atoms with Gasteiger partial charge in [0, 0.05) is 29.1 Å². The normalized spacial score (nSPS) is 15.4. The predicted molar refractivity (Wildman–Crippen MR) is 103 cm³/mol. The molecular formula is C20H24ClN3O. The van der Waals surface area contributed by atoms with E-state index in [4.69, 9.17) is 11.6 Å². The van der Waals surface area contributed by atoms with Crippen molar-refractivity contribution in [1.29, 1.82) is 0 Å². The zero-order chi connectivity index (χ0) is 17.6. The lowest BCUT2D eigenvalue weighted by Crippen LogP contribution is -2.19. The van der Waals surface area contributed by atoms with Gasteiger partial charge in [-0.2, -0.15) is 0 Å². The number of pyridine rings is 1. The fourth-order valence-electron chi connectivity index (χ4n) is 3.26. The van der Waals surface area contributed by atoms with Crippen molar-refractivity contribution in [3.05, 3.63) is 52.8 Å². The van der Waals surface area contributed by atoms with Crippen molar-refractivity contribution in [3.63, 3.8) is 0 Å². The summed E-state index contributed by atoms with van der Waals surface area (Å²) >= 11 is 5.96. The summed E-state index contributed by atoms with van der Waals surface area (Å²) in [4.78, 5) is 16.8. The largest absolute Gasteiger partial charge is 0.381 e. The molecule has 1 fully saturated rings. The molecule has 0 aliphatic heterocycles. The number of hydrogen-bond donors (Lipinski definition) is 2. The highest BCUT2D eigenvalue weighted by Crippen LogP contribution is 2.23. The Morgan fingerprint density at radius 3 is 2.60 bits per heavy atom. The van der Waals surface area contributed by atoms with Gasteiger partial charge in [-0.1, -0.05) is 37.3 Å². The number of carbonyl (C=O) groups is 1. The Balaban J connectivity index is 1.68. The summed E-state index contributed by atoms with van der Waals surface area (Å²) in [5, 5.41) is 7.13. The molecular weight excluding hydrogens is 334 g/mol. The fourth-order valence-corrected chi connectivity index (χ4v) is 3.49. The Morgan fingerprint density at radius 2 is 1.88 bits per heavy atom.